The van der Waals surface area contributed by atoms with Crippen molar-refractivity contribution in [3.8, 4) is 5.75 Å². The normalized spacial score (nSPS) is 10.5. The largest absolute Gasteiger partial charge is 0.475 e. The van der Waals surface area contributed by atoms with Gasteiger partial charge in [0.05, 0.1) is 0 Å². The fourth-order valence-electron chi connectivity index (χ4n) is 1.86. The Hall–Kier alpha value is -2.79. The predicted molar refractivity (Wildman–Crippen MR) is 95.4 cm³/mol. The highest BCUT2D eigenvalue weighted by Crippen LogP contribution is 2.17. The highest BCUT2D eigenvalue weighted by molar-refractivity contribution is 7.98. The van der Waals surface area contributed by atoms with Crippen LogP contribution in [0.3, 0.4) is 0 Å². The van der Waals surface area contributed by atoms with E-state index in [-0.39, 0.29) is 11.5 Å². The number of rotatable bonds is 7. The summed E-state index contributed by atoms with van der Waals surface area (Å²) in [4.78, 5) is 23.9. The average Bonchev–Trinajstić information content (AvgIpc) is 2.60. The maximum Gasteiger partial charge on any atom is 0.371 e. The maximum absolute atomic E-state index is 12.1. The van der Waals surface area contributed by atoms with Gasteiger partial charge in [0.25, 0.3) is 0 Å². The third-order valence-electron chi connectivity index (χ3n) is 3.16. The van der Waals surface area contributed by atoms with E-state index in [0.29, 0.717) is 11.3 Å². The summed E-state index contributed by atoms with van der Waals surface area (Å²) in [7, 11) is 0. The van der Waals surface area contributed by atoms with Gasteiger partial charge in [0.1, 0.15) is 5.75 Å². The van der Waals surface area contributed by atoms with Crippen LogP contribution in [0.2, 0.25) is 0 Å². The Kier molecular flexibility index (Phi) is 5.98. The molecule has 0 spiro atoms. The first-order chi connectivity index (χ1) is 11.5. The van der Waals surface area contributed by atoms with Crippen LogP contribution in [0, 0.1) is 0 Å². The Balaban J connectivity index is 2.01. The fourth-order valence-corrected chi connectivity index (χ4v) is 2.26. The summed E-state index contributed by atoms with van der Waals surface area (Å²) >= 11 is 1.62. The van der Waals surface area contributed by atoms with Crippen molar-refractivity contribution in [2.75, 3.05) is 6.26 Å². The van der Waals surface area contributed by atoms with Crippen molar-refractivity contribution in [1.82, 2.24) is 0 Å². The summed E-state index contributed by atoms with van der Waals surface area (Å²) in [5.41, 5.74) is 1.43. The molecule has 0 aromatic heterocycles. The molecule has 0 saturated heterocycles. The van der Waals surface area contributed by atoms with Crippen LogP contribution in [0.5, 0.6) is 5.75 Å². The lowest BCUT2D eigenvalue weighted by atomic mass is 10.1. The van der Waals surface area contributed by atoms with Crippen molar-refractivity contribution in [3.05, 3.63) is 78.1 Å². The molecule has 0 amide bonds. The Bertz CT molecular complexity index is 774. The molecule has 1 N–H and O–H groups in total. The van der Waals surface area contributed by atoms with Crippen LogP contribution in [0.25, 0.3) is 6.08 Å². The number of aliphatic carboxylic acids is 1. The lowest BCUT2D eigenvalue weighted by Gasteiger charge is -2.04. The standard InChI is InChI=1S/C19H16O4S/c1-13(19(21)22)23-16-8-3-14(4-9-16)5-12-18(20)15-6-10-17(24-2)11-7-15/h3-12H,1H2,2H3,(H,21,22)/b12-5+. The van der Waals surface area contributed by atoms with Crippen molar-refractivity contribution < 1.29 is 19.4 Å². The SMILES string of the molecule is C=C(Oc1ccc(/C=C/C(=O)c2ccc(SC)cc2)cc1)C(=O)O. The van der Waals surface area contributed by atoms with Gasteiger partial charge in [0.2, 0.25) is 5.76 Å². The molecule has 0 unspecified atom stereocenters. The first-order valence-corrected chi connectivity index (χ1v) is 8.28. The molecule has 2 aromatic rings. The van der Waals surface area contributed by atoms with E-state index in [4.69, 9.17) is 9.84 Å². The van der Waals surface area contributed by atoms with Crippen LogP contribution in [0.4, 0.5) is 0 Å². The monoisotopic (exact) mass is 340 g/mol. The molecule has 0 fully saturated rings. The van der Waals surface area contributed by atoms with Gasteiger partial charge in [-0.1, -0.05) is 18.2 Å². The fraction of sp³-hybridized carbons (Fsp3) is 0.0526. The molecule has 4 nitrogen and oxygen atoms in total. The highest BCUT2D eigenvalue weighted by atomic mass is 32.2. The lowest BCUT2D eigenvalue weighted by molar-refractivity contribution is -0.135. The Morgan fingerprint density at radius 1 is 1.08 bits per heavy atom. The molecule has 0 heterocycles. The molecule has 0 aliphatic rings. The minimum Gasteiger partial charge on any atom is -0.475 e. The number of carboxylic acid groups (broad SMARTS) is 1. The molecule has 0 aliphatic heterocycles. The first kappa shape index (κ1) is 17.6. The summed E-state index contributed by atoms with van der Waals surface area (Å²) in [5, 5.41) is 8.71. The van der Waals surface area contributed by atoms with E-state index in [9.17, 15) is 9.59 Å². The van der Waals surface area contributed by atoms with Crippen LogP contribution in [0.15, 0.2) is 71.8 Å². The number of thioether (sulfide) groups is 1. The zero-order valence-electron chi connectivity index (χ0n) is 13.1. The summed E-state index contributed by atoms with van der Waals surface area (Å²) < 4.78 is 5.06. The van der Waals surface area contributed by atoms with Crippen molar-refractivity contribution >= 4 is 29.6 Å². The molecule has 122 valence electrons. The quantitative estimate of drug-likeness (QED) is 0.353. The predicted octanol–water partition coefficient (Wildman–Crippen LogP) is 4.28. The molecule has 2 aromatic carbocycles. The van der Waals surface area contributed by atoms with Gasteiger partial charge in [-0.25, -0.2) is 4.79 Å². The molecule has 0 aliphatic carbocycles. The third-order valence-corrected chi connectivity index (χ3v) is 3.90. The minimum atomic E-state index is -1.21. The number of carbonyl (C=O) groups is 2. The van der Waals surface area contributed by atoms with Crippen LogP contribution in [-0.2, 0) is 4.79 Å². The number of carboxylic acids is 1. The topological polar surface area (TPSA) is 63.6 Å². The minimum absolute atomic E-state index is 0.0813. The summed E-state index contributed by atoms with van der Waals surface area (Å²) in [5.74, 6) is -1.26. The number of hydrogen-bond donors (Lipinski definition) is 1. The van der Waals surface area contributed by atoms with E-state index in [0.717, 1.165) is 10.5 Å². The van der Waals surface area contributed by atoms with Crippen molar-refractivity contribution in [2.45, 2.75) is 4.90 Å². The van der Waals surface area contributed by atoms with Gasteiger partial charge in [-0.3, -0.25) is 4.79 Å². The molecule has 2 rings (SSSR count). The Labute approximate surface area is 144 Å². The molecule has 0 atom stereocenters. The number of carbonyl (C=O) groups excluding carboxylic acids is 1. The second-order valence-electron chi connectivity index (χ2n) is 4.83. The molecule has 0 radical (unpaired) electrons. The maximum atomic E-state index is 12.1. The van der Waals surface area contributed by atoms with Gasteiger partial charge in [-0.05, 0) is 60.9 Å². The van der Waals surface area contributed by atoms with E-state index < -0.39 is 5.97 Å². The van der Waals surface area contributed by atoms with Gasteiger partial charge >= 0.3 is 5.97 Å². The highest BCUT2D eigenvalue weighted by Gasteiger charge is 2.06. The molecular weight excluding hydrogens is 324 g/mol. The third kappa shape index (κ3) is 4.86. The average molecular weight is 340 g/mol. The lowest BCUT2D eigenvalue weighted by Crippen LogP contribution is -2.05. The number of ether oxygens (including phenoxy) is 1. The van der Waals surface area contributed by atoms with Crippen LogP contribution < -0.4 is 4.74 Å². The number of allylic oxidation sites excluding steroid dienone is 1. The Morgan fingerprint density at radius 2 is 1.71 bits per heavy atom. The number of ketones is 1. The van der Waals surface area contributed by atoms with Gasteiger partial charge in [0.15, 0.2) is 5.78 Å². The Morgan fingerprint density at radius 3 is 2.25 bits per heavy atom. The molecule has 0 bridgehead atoms. The first-order valence-electron chi connectivity index (χ1n) is 7.06. The molecule has 24 heavy (non-hydrogen) atoms. The summed E-state index contributed by atoms with van der Waals surface area (Å²) in [6.07, 6.45) is 5.18. The van der Waals surface area contributed by atoms with E-state index in [1.54, 1.807) is 54.2 Å². The van der Waals surface area contributed by atoms with Crippen molar-refractivity contribution in [2.24, 2.45) is 0 Å². The van der Waals surface area contributed by atoms with Crippen LogP contribution in [0.1, 0.15) is 15.9 Å². The smallest absolute Gasteiger partial charge is 0.371 e. The van der Waals surface area contributed by atoms with Gasteiger partial charge < -0.3 is 9.84 Å². The van der Waals surface area contributed by atoms with E-state index >= 15 is 0 Å². The zero-order chi connectivity index (χ0) is 17.5. The van der Waals surface area contributed by atoms with Gasteiger partial charge in [-0.2, -0.15) is 0 Å². The van der Waals surface area contributed by atoms with Crippen LogP contribution in [-0.4, -0.2) is 23.1 Å². The van der Waals surface area contributed by atoms with E-state index in [1.807, 2.05) is 18.4 Å². The van der Waals surface area contributed by atoms with Crippen LogP contribution >= 0.6 is 11.8 Å². The van der Waals surface area contributed by atoms with E-state index in [2.05, 4.69) is 6.58 Å². The van der Waals surface area contributed by atoms with Crippen molar-refractivity contribution in [3.63, 3.8) is 0 Å². The summed E-state index contributed by atoms with van der Waals surface area (Å²) in [6, 6.07) is 14.1. The number of benzene rings is 2. The second-order valence-corrected chi connectivity index (χ2v) is 5.71. The molecular formula is C19H16O4S. The van der Waals surface area contributed by atoms with Gasteiger partial charge in [0, 0.05) is 10.5 Å². The van der Waals surface area contributed by atoms with Gasteiger partial charge in [-0.15, -0.1) is 11.8 Å². The zero-order valence-corrected chi connectivity index (χ0v) is 13.9. The molecule has 5 heteroatoms. The van der Waals surface area contributed by atoms with Crippen molar-refractivity contribution in [1.29, 1.82) is 0 Å². The number of hydrogen-bond acceptors (Lipinski definition) is 4. The summed E-state index contributed by atoms with van der Waals surface area (Å²) in [6.45, 7) is 3.30. The van der Waals surface area contributed by atoms with E-state index in [1.165, 1.54) is 6.08 Å². The molecule has 0 saturated carbocycles. The second kappa shape index (κ2) is 8.17.